The largest absolute Gasteiger partial charge is 0.339 e. The first kappa shape index (κ1) is 14.4. The summed E-state index contributed by atoms with van der Waals surface area (Å²) in [6.45, 7) is 0. The molecule has 2 rings (SSSR count). The first-order chi connectivity index (χ1) is 9.66. The highest BCUT2D eigenvalue weighted by atomic mass is 35.5. The van der Waals surface area contributed by atoms with E-state index in [4.69, 9.17) is 23.2 Å². The number of hydrazone groups is 1. The number of halogens is 2. The normalized spacial score (nSPS) is 10.5. The lowest BCUT2D eigenvalue weighted by molar-refractivity contribution is 0.252. The second-order valence-corrected chi connectivity index (χ2v) is 4.64. The third kappa shape index (κ3) is 3.98. The molecule has 2 amide bonds. The van der Waals surface area contributed by atoms with Crippen molar-refractivity contribution >= 4 is 41.1 Å². The number of hydrogen-bond donors (Lipinski definition) is 2. The Hall–Kier alpha value is -2.04. The van der Waals surface area contributed by atoms with Gasteiger partial charge in [0, 0.05) is 11.3 Å². The minimum Gasteiger partial charge on any atom is -0.307 e. The first-order valence-corrected chi connectivity index (χ1v) is 6.51. The SMILES string of the molecule is O=C(N/N=C\c1c(Cl)cccc1Cl)Nc1ccccc1. The molecule has 0 saturated carbocycles. The van der Waals surface area contributed by atoms with E-state index in [1.165, 1.54) is 6.21 Å². The number of amides is 2. The van der Waals surface area contributed by atoms with Crippen LogP contribution in [-0.2, 0) is 0 Å². The summed E-state index contributed by atoms with van der Waals surface area (Å²) in [6, 6.07) is 13.7. The van der Waals surface area contributed by atoms with Crippen LogP contribution in [0, 0.1) is 0 Å². The third-order valence-electron chi connectivity index (χ3n) is 2.39. The van der Waals surface area contributed by atoms with Gasteiger partial charge in [0.1, 0.15) is 0 Å². The molecule has 20 heavy (non-hydrogen) atoms. The van der Waals surface area contributed by atoms with Gasteiger partial charge in [0.05, 0.1) is 16.3 Å². The Labute approximate surface area is 126 Å². The van der Waals surface area contributed by atoms with E-state index in [1.807, 2.05) is 18.2 Å². The molecule has 0 saturated heterocycles. The molecule has 0 aromatic heterocycles. The Bertz CT molecular complexity index is 609. The Morgan fingerprint density at radius 3 is 2.30 bits per heavy atom. The van der Waals surface area contributed by atoms with E-state index >= 15 is 0 Å². The number of benzene rings is 2. The van der Waals surface area contributed by atoms with Crippen LogP contribution in [0.15, 0.2) is 53.6 Å². The van der Waals surface area contributed by atoms with Crippen molar-refractivity contribution in [3.05, 3.63) is 64.1 Å². The molecule has 0 aliphatic carbocycles. The van der Waals surface area contributed by atoms with Gasteiger partial charge in [-0.2, -0.15) is 5.10 Å². The van der Waals surface area contributed by atoms with Crippen LogP contribution in [-0.4, -0.2) is 12.2 Å². The summed E-state index contributed by atoms with van der Waals surface area (Å²) in [5, 5.41) is 7.36. The zero-order chi connectivity index (χ0) is 14.4. The number of nitrogens with zero attached hydrogens (tertiary/aromatic N) is 1. The Morgan fingerprint density at radius 1 is 1.00 bits per heavy atom. The van der Waals surface area contributed by atoms with Crippen LogP contribution < -0.4 is 10.7 Å². The predicted molar refractivity (Wildman–Crippen MR) is 82.7 cm³/mol. The summed E-state index contributed by atoms with van der Waals surface area (Å²) in [4.78, 5) is 11.6. The highest BCUT2D eigenvalue weighted by Crippen LogP contribution is 2.21. The van der Waals surface area contributed by atoms with Crippen LogP contribution >= 0.6 is 23.2 Å². The third-order valence-corrected chi connectivity index (χ3v) is 3.05. The van der Waals surface area contributed by atoms with E-state index in [2.05, 4.69) is 15.8 Å². The van der Waals surface area contributed by atoms with Crippen molar-refractivity contribution < 1.29 is 4.79 Å². The summed E-state index contributed by atoms with van der Waals surface area (Å²) >= 11 is 11.9. The number of nitrogens with one attached hydrogen (secondary N) is 2. The lowest BCUT2D eigenvalue weighted by atomic mass is 10.2. The average molecular weight is 308 g/mol. The molecule has 0 radical (unpaired) electrons. The van der Waals surface area contributed by atoms with Gasteiger partial charge >= 0.3 is 6.03 Å². The Kier molecular flexibility index (Phi) is 4.98. The molecule has 0 bridgehead atoms. The summed E-state index contributed by atoms with van der Waals surface area (Å²) in [6.07, 6.45) is 1.40. The second kappa shape index (κ2) is 6.93. The van der Waals surface area contributed by atoms with Gasteiger partial charge in [-0.15, -0.1) is 0 Å². The maximum Gasteiger partial charge on any atom is 0.339 e. The minimum atomic E-state index is -0.448. The van der Waals surface area contributed by atoms with Crippen molar-refractivity contribution in [2.45, 2.75) is 0 Å². The van der Waals surface area contributed by atoms with E-state index in [-0.39, 0.29) is 0 Å². The van der Waals surface area contributed by atoms with Crippen LogP contribution in [0.5, 0.6) is 0 Å². The standard InChI is InChI=1S/C14H11Cl2N3O/c15-12-7-4-8-13(16)11(12)9-17-19-14(20)18-10-5-2-1-3-6-10/h1-9H,(H2,18,19,20)/b17-9-. The predicted octanol–water partition coefficient (Wildman–Crippen LogP) is 4.15. The number of para-hydroxylation sites is 1. The van der Waals surface area contributed by atoms with E-state index in [1.54, 1.807) is 30.3 Å². The molecule has 0 fully saturated rings. The number of carbonyl (C=O) groups is 1. The van der Waals surface area contributed by atoms with E-state index in [9.17, 15) is 4.79 Å². The highest BCUT2D eigenvalue weighted by Gasteiger charge is 2.03. The topological polar surface area (TPSA) is 53.5 Å². The van der Waals surface area contributed by atoms with Gasteiger partial charge in [-0.25, -0.2) is 10.2 Å². The number of carbonyl (C=O) groups excluding carboxylic acids is 1. The second-order valence-electron chi connectivity index (χ2n) is 3.83. The molecule has 0 heterocycles. The smallest absolute Gasteiger partial charge is 0.307 e. The summed E-state index contributed by atoms with van der Waals surface area (Å²) < 4.78 is 0. The molecule has 102 valence electrons. The molecule has 2 N–H and O–H groups in total. The van der Waals surface area contributed by atoms with Crippen LogP contribution in [0.25, 0.3) is 0 Å². The Morgan fingerprint density at radius 2 is 1.65 bits per heavy atom. The molecule has 0 atom stereocenters. The minimum absolute atomic E-state index is 0.448. The van der Waals surface area contributed by atoms with Crippen molar-refractivity contribution in [2.24, 2.45) is 5.10 Å². The number of anilines is 1. The molecule has 0 aliphatic heterocycles. The molecule has 2 aromatic rings. The van der Waals surface area contributed by atoms with Crippen LogP contribution in [0.1, 0.15) is 5.56 Å². The van der Waals surface area contributed by atoms with Crippen LogP contribution in [0.2, 0.25) is 10.0 Å². The summed E-state index contributed by atoms with van der Waals surface area (Å²) in [5.41, 5.74) is 3.56. The van der Waals surface area contributed by atoms with E-state index in [0.29, 0.717) is 21.3 Å². The van der Waals surface area contributed by atoms with Crippen LogP contribution in [0.4, 0.5) is 10.5 Å². The molecule has 0 spiro atoms. The van der Waals surface area contributed by atoms with Gasteiger partial charge in [-0.05, 0) is 24.3 Å². The van der Waals surface area contributed by atoms with Crippen LogP contribution in [0.3, 0.4) is 0 Å². The van der Waals surface area contributed by atoms with Gasteiger partial charge in [0.2, 0.25) is 0 Å². The number of rotatable bonds is 3. The molecule has 2 aromatic carbocycles. The monoisotopic (exact) mass is 307 g/mol. The zero-order valence-electron chi connectivity index (χ0n) is 10.3. The number of hydrogen-bond acceptors (Lipinski definition) is 2. The van der Waals surface area contributed by atoms with Gasteiger partial charge in [-0.1, -0.05) is 47.5 Å². The maximum absolute atomic E-state index is 11.6. The number of urea groups is 1. The summed E-state index contributed by atoms with van der Waals surface area (Å²) in [5.74, 6) is 0. The highest BCUT2D eigenvalue weighted by molar-refractivity contribution is 6.38. The first-order valence-electron chi connectivity index (χ1n) is 5.76. The average Bonchev–Trinajstić information content (AvgIpc) is 2.43. The molecule has 6 heteroatoms. The van der Waals surface area contributed by atoms with Crippen molar-refractivity contribution in [2.75, 3.05) is 5.32 Å². The van der Waals surface area contributed by atoms with Crippen molar-refractivity contribution in [3.63, 3.8) is 0 Å². The maximum atomic E-state index is 11.6. The molecule has 4 nitrogen and oxygen atoms in total. The molecule has 0 aliphatic rings. The molecule has 0 unspecified atom stereocenters. The van der Waals surface area contributed by atoms with Crippen molar-refractivity contribution in [1.29, 1.82) is 0 Å². The quantitative estimate of drug-likeness (QED) is 0.649. The lowest BCUT2D eigenvalue weighted by Gasteiger charge is -2.04. The fraction of sp³-hybridized carbons (Fsp3) is 0. The van der Waals surface area contributed by atoms with E-state index in [0.717, 1.165) is 0 Å². The zero-order valence-corrected chi connectivity index (χ0v) is 11.8. The van der Waals surface area contributed by atoms with Gasteiger partial charge in [0.25, 0.3) is 0 Å². The molecular formula is C14H11Cl2N3O. The van der Waals surface area contributed by atoms with Crippen molar-refractivity contribution in [1.82, 2.24) is 5.43 Å². The van der Waals surface area contributed by atoms with Gasteiger partial charge in [-0.3, -0.25) is 0 Å². The fourth-order valence-electron chi connectivity index (χ4n) is 1.47. The van der Waals surface area contributed by atoms with Gasteiger partial charge < -0.3 is 5.32 Å². The summed E-state index contributed by atoms with van der Waals surface area (Å²) in [7, 11) is 0. The van der Waals surface area contributed by atoms with Gasteiger partial charge in [0.15, 0.2) is 0 Å². The molecular weight excluding hydrogens is 297 g/mol. The fourth-order valence-corrected chi connectivity index (χ4v) is 1.97. The van der Waals surface area contributed by atoms with E-state index < -0.39 is 6.03 Å². The lowest BCUT2D eigenvalue weighted by Crippen LogP contribution is -2.24. The Balaban J connectivity index is 1.95. The van der Waals surface area contributed by atoms with Crippen molar-refractivity contribution in [3.8, 4) is 0 Å².